The molecule has 3 unspecified atom stereocenters. The lowest BCUT2D eigenvalue weighted by Gasteiger charge is -2.30. The zero-order valence-electron chi connectivity index (χ0n) is 60.1. The number of carbonyl (C=O) groups excluding carboxylic acids is 2. The van der Waals surface area contributed by atoms with Gasteiger partial charge in [0.1, 0.15) is 19.3 Å². The van der Waals surface area contributed by atoms with E-state index in [1.54, 1.807) is 0 Å². The number of rotatable bonds is 70. The quantitative estimate of drug-likeness (QED) is 0.0212. The van der Waals surface area contributed by atoms with Crippen LogP contribution in [0.15, 0.2) is 85.1 Å². The Bertz CT molecular complexity index is 1810. The Hall–Kier alpha value is -2.81. The third-order valence-corrected chi connectivity index (χ3v) is 18.0. The van der Waals surface area contributed by atoms with Crippen molar-refractivity contribution in [3.05, 3.63) is 85.1 Å². The van der Waals surface area contributed by atoms with E-state index in [0.29, 0.717) is 17.4 Å². The molecule has 0 aliphatic heterocycles. The number of quaternary nitrogens is 1. The number of phosphoric acid groups is 1. The summed E-state index contributed by atoms with van der Waals surface area (Å²) in [5, 5.41) is 3.05. The van der Waals surface area contributed by atoms with Crippen LogP contribution in [0.3, 0.4) is 0 Å². The van der Waals surface area contributed by atoms with Gasteiger partial charge in [0.2, 0.25) is 5.91 Å². The van der Waals surface area contributed by atoms with Crippen molar-refractivity contribution in [2.24, 2.45) is 0 Å². The van der Waals surface area contributed by atoms with Crippen LogP contribution in [0.4, 0.5) is 0 Å². The van der Waals surface area contributed by atoms with Gasteiger partial charge in [0, 0.05) is 12.8 Å². The maximum absolute atomic E-state index is 13.6. The lowest BCUT2D eigenvalue weighted by atomic mass is 10.0. The summed E-state index contributed by atoms with van der Waals surface area (Å²) in [6, 6.07) is -0.894. The van der Waals surface area contributed by atoms with Crippen molar-refractivity contribution in [1.29, 1.82) is 0 Å². The van der Waals surface area contributed by atoms with Crippen molar-refractivity contribution in [2.75, 3.05) is 40.9 Å². The third-order valence-electron chi connectivity index (χ3n) is 17.0. The monoisotopic (exact) mass is 1280 g/mol. The second kappa shape index (κ2) is 69.0. The van der Waals surface area contributed by atoms with Gasteiger partial charge in [-0.05, 0) is 109 Å². The SMILES string of the molecule is CCCCC/C=C\C/C=C\C/C=C\CCCCCCCCCCCCCCCCC(=O)OC(/C=C/CCCCCCCCCCCC)C(COP(=O)([O-])OCC[N+](C)(C)C)NC(=O)CCCCCCCCCCCCCC/C=C\C/C=C\C/C=C\CCCCC. The third kappa shape index (κ3) is 69.5. The topological polar surface area (TPSA) is 114 Å². The largest absolute Gasteiger partial charge is 0.756 e. The molecule has 0 aliphatic rings. The first-order valence-electron chi connectivity index (χ1n) is 38.4. The van der Waals surface area contributed by atoms with E-state index in [9.17, 15) is 19.0 Å². The Kier molecular flexibility index (Phi) is 66.9. The summed E-state index contributed by atoms with van der Waals surface area (Å²) in [6.45, 7) is 6.83. The van der Waals surface area contributed by atoms with Crippen LogP contribution in [0.25, 0.3) is 0 Å². The van der Waals surface area contributed by atoms with Gasteiger partial charge in [-0.2, -0.15) is 0 Å². The van der Waals surface area contributed by atoms with Crippen molar-refractivity contribution in [1.82, 2.24) is 5.32 Å². The molecule has 3 atom stereocenters. The van der Waals surface area contributed by atoms with Crippen LogP contribution in [-0.2, 0) is 27.9 Å². The Morgan fingerprint density at radius 3 is 1.03 bits per heavy atom. The fourth-order valence-electron chi connectivity index (χ4n) is 11.1. The summed E-state index contributed by atoms with van der Waals surface area (Å²) in [5.74, 6) is -0.533. The van der Waals surface area contributed by atoms with E-state index in [0.717, 1.165) is 83.5 Å². The van der Waals surface area contributed by atoms with Gasteiger partial charge in [-0.3, -0.25) is 14.2 Å². The molecule has 0 aromatic rings. The van der Waals surface area contributed by atoms with Crippen molar-refractivity contribution in [3.8, 4) is 0 Å². The summed E-state index contributed by atoms with van der Waals surface area (Å²) in [4.78, 5) is 40.3. The molecule has 0 spiro atoms. The predicted octanol–water partition coefficient (Wildman–Crippen LogP) is 24.2. The number of nitrogens with zero attached hydrogens (tertiary/aromatic N) is 1. The van der Waals surface area contributed by atoms with E-state index >= 15 is 0 Å². The maximum Gasteiger partial charge on any atom is 0.306 e. The molecule has 90 heavy (non-hydrogen) atoms. The van der Waals surface area contributed by atoms with Crippen LogP contribution >= 0.6 is 7.82 Å². The van der Waals surface area contributed by atoms with E-state index in [1.807, 2.05) is 33.3 Å². The van der Waals surface area contributed by atoms with E-state index in [4.69, 9.17) is 13.8 Å². The highest BCUT2D eigenvalue weighted by molar-refractivity contribution is 7.45. The second-order valence-electron chi connectivity index (χ2n) is 27.1. The number of nitrogens with one attached hydrogen (secondary N) is 1. The van der Waals surface area contributed by atoms with Gasteiger partial charge in [0.25, 0.3) is 7.82 Å². The molecule has 0 aliphatic carbocycles. The molecule has 1 amide bonds. The number of allylic oxidation sites excluding steroid dienone is 13. The Labute approximate surface area is 558 Å². The lowest BCUT2D eigenvalue weighted by Crippen LogP contribution is -2.47. The Morgan fingerprint density at radius 1 is 0.389 bits per heavy atom. The number of likely N-dealkylation sites (N-methyl/N-ethyl adjacent to an activating group) is 1. The number of esters is 1. The summed E-state index contributed by atoms with van der Waals surface area (Å²) in [6.07, 6.45) is 92.9. The highest BCUT2D eigenvalue weighted by Crippen LogP contribution is 2.38. The number of hydrogen-bond donors (Lipinski definition) is 1. The van der Waals surface area contributed by atoms with Gasteiger partial charge in [-0.1, -0.05) is 324 Å². The van der Waals surface area contributed by atoms with Gasteiger partial charge in [0.05, 0.1) is 33.8 Å². The molecule has 0 fully saturated rings. The van der Waals surface area contributed by atoms with Crippen LogP contribution < -0.4 is 10.2 Å². The smallest absolute Gasteiger partial charge is 0.306 e. The number of hydrogen-bond acceptors (Lipinski definition) is 7. The highest BCUT2D eigenvalue weighted by Gasteiger charge is 2.27. The number of unbranched alkanes of at least 4 members (excludes halogenated alkanes) is 42. The van der Waals surface area contributed by atoms with Crippen LogP contribution in [0.2, 0.25) is 0 Å². The minimum Gasteiger partial charge on any atom is -0.756 e. The molecule has 0 radical (unpaired) electrons. The minimum absolute atomic E-state index is 0.0241. The van der Waals surface area contributed by atoms with E-state index in [2.05, 4.69) is 99.0 Å². The molecule has 0 saturated carbocycles. The van der Waals surface area contributed by atoms with Crippen molar-refractivity contribution >= 4 is 19.7 Å². The van der Waals surface area contributed by atoms with Crippen molar-refractivity contribution in [2.45, 2.75) is 373 Å². The number of ether oxygens (including phenoxy) is 1. The molecule has 9 nitrogen and oxygen atoms in total. The normalized spacial score (nSPS) is 13.9. The molecular formula is C80H147N2O7P. The van der Waals surface area contributed by atoms with Crippen LogP contribution in [0.1, 0.15) is 361 Å². The van der Waals surface area contributed by atoms with Gasteiger partial charge in [-0.15, -0.1) is 0 Å². The van der Waals surface area contributed by atoms with E-state index in [-0.39, 0.29) is 31.5 Å². The van der Waals surface area contributed by atoms with Crippen LogP contribution in [0, 0.1) is 0 Å². The Morgan fingerprint density at radius 2 is 0.678 bits per heavy atom. The van der Waals surface area contributed by atoms with Crippen molar-refractivity contribution in [3.63, 3.8) is 0 Å². The van der Waals surface area contributed by atoms with E-state index in [1.165, 1.54) is 244 Å². The zero-order chi connectivity index (χ0) is 65.6. The summed E-state index contributed by atoms with van der Waals surface area (Å²) in [5.41, 5.74) is 0. The summed E-state index contributed by atoms with van der Waals surface area (Å²) in [7, 11) is 1.19. The average molecular weight is 1280 g/mol. The van der Waals surface area contributed by atoms with Crippen molar-refractivity contribution < 1.29 is 37.3 Å². The van der Waals surface area contributed by atoms with Crippen LogP contribution in [-0.4, -0.2) is 69.4 Å². The molecule has 0 rings (SSSR count). The predicted molar refractivity (Wildman–Crippen MR) is 390 cm³/mol. The van der Waals surface area contributed by atoms with Gasteiger partial charge in [-0.25, -0.2) is 0 Å². The molecule has 0 aromatic heterocycles. The first-order chi connectivity index (χ1) is 43.9. The zero-order valence-corrected chi connectivity index (χ0v) is 61.0. The van der Waals surface area contributed by atoms with Gasteiger partial charge in [0.15, 0.2) is 0 Å². The second-order valence-corrected chi connectivity index (χ2v) is 28.6. The molecular weight excluding hydrogens is 1130 g/mol. The minimum atomic E-state index is -4.71. The number of carbonyl (C=O) groups is 2. The molecule has 524 valence electrons. The van der Waals surface area contributed by atoms with Gasteiger partial charge < -0.3 is 28.5 Å². The molecule has 0 saturated heterocycles. The molecule has 0 bridgehead atoms. The maximum atomic E-state index is 13.6. The fourth-order valence-corrected chi connectivity index (χ4v) is 11.9. The molecule has 1 N–H and O–H groups in total. The van der Waals surface area contributed by atoms with Gasteiger partial charge >= 0.3 is 5.97 Å². The van der Waals surface area contributed by atoms with Crippen LogP contribution in [0.5, 0.6) is 0 Å². The lowest BCUT2D eigenvalue weighted by molar-refractivity contribution is -0.870. The standard InChI is InChI=1S/C80H147N2O7P/c1-7-10-13-16-19-22-25-28-30-32-34-36-38-40-41-43-45-47-49-51-53-55-58-61-64-67-70-73-80(84)89-78(71-68-65-62-59-56-27-24-21-18-15-12-9-3)77(76-88-90(85,86)87-75-74-82(4,5)6)81-79(83)72-69-66-63-60-57-54-52-50-48-46-44-42-39-37-35-33-31-29-26-23-20-17-14-11-8-2/h19-20,22-23,28-31,34-37,68,71,77-78H,7-18,21,24-27,32-33,38-67,69-70,72-76H2,1-6H3,(H-,81,83,85,86)/b22-19-,23-20-,30-28-,31-29-,36-34-,37-35-,71-68+. The Balaban J connectivity index is 4.97. The number of amides is 1. The first-order valence-corrected chi connectivity index (χ1v) is 39.9. The molecule has 10 heteroatoms. The van der Waals surface area contributed by atoms with E-state index < -0.39 is 20.0 Å². The summed E-state index contributed by atoms with van der Waals surface area (Å²) < 4.78 is 30.5. The molecule has 0 aromatic carbocycles. The summed E-state index contributed by atoms with van der Waals surface area (Å²) >= 11 is 0. The highest BCUT2D eigenvalue weighted by atomic mass is 31.2. The molecule has 0 heterocycles. The first kappa shape index (κ1) is 87.2. The fraction of sp³-hybridized carbons (Fsp3) is 0.800. The number of phosphoric ester groups is 1. The average Bonchev–Trinajstić information content (AvgIpc) is 3.12.